The third-order valence-corrected chi connectivity index (χ3v) is 3.10. The lowest BCUT2D eigenvalue weighted by atomic mass is 10.1. The molecule has 2 rings (SSSR count). The summed E-state index contributed by atoms with van der Waals surface area (Å²) in [5.41, 5.74) is 0.545. The van der Waals surface area contributed by atoms with Crippen molar-refractivity contribution in [2.75, 3.05) is 6.54 Å². The molecular formula is C13H14FNO3. The van der Waals surface area contributed by atoms with E-state index in [1.165, 1.54) is 6.07 Å². The number of carbonyl (C=O) groups is 2. The van der Waals surface area contributed by atoms with Gasteiger partial charge in [-0.1, -0.05) is 18.2 Å². The Kier molecular flexibility index (Phi) is 3.60. The van der Waals surface area contributed by atoms with Crippen molar-refractivity contribution in [3.63, 3.8) is 0 Å². The molecule has 0 aromatic heterocycles. The minimum absolute atomic E-state index is 0.251. The Balaban J connectivity index is 1.75. The summed E-state index contributed by atoms with van der Waals surface area (Å²) in [4.78, 5) is 22.1. The Labute approximate surface area is 104 Å². The first-order valence-electron chi connectivity index (χ1n) is 5.83. The van der Waals surface area contributed by atoms with E-state index in [1.54, 1.807) is 18.2 Å². The van der Waals surface area contributed by atoms with Crippen LogP contribution in [0.2, 0.25) is 0 Å². The van der Waals surface area contributed by atoms with Crippen LogP contribution in [0, 0.1) is 17.7 Å². The first kappa shape index (κ1) is 12.5. The van der Waals surface area contributed by atoms with Gasteiger partial charge in [-0.3, -0.25) is 9.59 Å². The number of hydrogen-bond donors (Lipinski definition) is 2. The van der Waals surface area contributed by atoms with Crippen molar-refractivity contribution in [3.8, 4) is 0 Å². The van der Waals surface area contributed by atoms with E-state index in [0.29, 0.717) is 24.9 Å². The molecule has 2 N–H and O–H groups in total. The molecule has 1 aromatic carbocycles. The Morgan fingerprint density at radius 1 is 1.33 bits per heavy atom. The lowest BCUT2D eigenvalue weighted by molar-refractivity contribution is -0.140. The van der Waals surface area contributed by atoms with Crippen LogP contribution in [-0.4, -0.2) is 23.5 Å². The zero-order chi connectivity index (χ0) is 13.1. The minimum Gasteiger partial charge on any atom is -0.481 e. The quantitative estimate of drug-likeness (QED) is 0.826. The number of benzene rings is 1. The molecule has 1 aliphatic carbocycles. The zero-order valence-corrected chi connectivity index (χ0v) is 9.73. The summed E-state index contributed by atoms with van der Waals surface area (Å²) in [5.74, 6) is -2.42. The molecule has 0 radical (unpaired) electrons. The zero-order valence-electron chi connectivity index (χ0n) is 9.73. The third-order valence-electron chi connectivity index (χ3n) is 3.10. The van der Waals surface area contributed by atoms with Gasteiger partial charge in [0.05, 0.1) is 11.8 Å². The van der Waals surface area contributed by atoms with Gasteiger partial charge < -0.3 is 10.4 Å². The maximum Gasteiger partial charge on any atom is 0.307 e. The Bertz CT molecular complexity index is 475. The highest BCUT2D eigenvalue weighted by atomic mass is 19.1. The predicted octanol–water partition coefficient (Wildman–Crippen LogP) is 1.21. The molecule has 1 saturated carbocycles. The first-order chi connectivity index (χ1) is 8.59. The maximum atomic E-state index is 13.3. The summed E-state index contributed by atoms with van der Waals surface area (Å²) in [6, 6.07) is 6.39. The van der Waals surface area contributed by atoms with Gasteiger partial charge in [0.1, 0.15) is 5.82 Å². The molecular weight excluding hydrogens is 237 g/mol. The maximum absolute atomic E-state index is 13.3. The largest absolute Gasteiger partial charge is 0.481 e. The Morgan fingerprint density at radius 3 is 2.67 bits per heavy atom. The van der Waals surface area contributed by atoms with Crippen LogP contribution in [-0.2, 0) is 16.0 Å². The highest BCUT2D eigenvalue weighted by Crippen LogP contribution is 2.38. The van der Waals surface area contributed by atoms with Crippen LogP contribution in [0.5, 0.6) is 0 Å². The van der Waals surface area contributed by atoms with E-state index in [-0.39, 0.29) is 11.7 Å². The standard InChI is InChI=1S/C13H14FNO3/c14-11-4-2-1-3-8(11)5-6-15-12(16)9-7-10(9)13(17)18/h1-4,9-10H,5-7H2,(H,15,16)(H,17,18). The van der Waals surface area contributed by atoms with Crippen LogP contribution < -0.4 is 5.32 Å². The average Bonchev–Trinajstić information content (AvgIpc) is 3.11. The molecule has 5 heteroatoms. The fourth-order valence-corrected chi connectivity index (χ4v) is 1.91. The second-order valence-electron chi connectivity index (χ2n) is 4.42. The molecule has 2 atom stereocenters. The smallest absolute Gasteiger partial charge is 0.307 e. The normalized spacial score (nSPS) is 21.4. The lowest BCUT2D eigenvalue weighted by Gasteiger charge is -2.05. The summed E-state index contributed by atoms with van der Waals surface area (Å²) in [6.45, 7) is 0.322. The molecule has 0 bridgehead atoms. The summed E-state index contributed by atoms with van der Waals surface area (Å²) >= 11 is 0. The van der Waals surface area contributed by atoms with E-state index >= 15 is 0 Å². The molecule has 2 unspecified atom stereocenters. The molecule has 18 heavy (non-hydrogen) atoms. The summed E-state index contributed by atoms with van der Waals surface area (Å²) in [5, 5.41) is 11.3. The predicted molar refractivity (Wildman–Crippen MR) is 62.3 cm³/mol. The van der Waals surface area contributed by atoms with E-state index in [4.69, 9.17) is 5.11 Å². The molecule has 96 valence electrons. The molecule has 0 saturated heterocycles. The van der Waals surface area contributed by atoms with Gasteiger partial charge in [-0.05, 0) is 24.5 Å². The van der Waals surface area contributed by atoms with E-state index < -0.39 is 17.8 Å². The number of halogens is 1. The molecule has 0 spiro atoms. The van der Waals surface area contributed by atoms with E-state index in [2.05, 4.69) is 5.32 Å². The molecule has 0 heterocycles. The van der Waals surface area contributed by atoms with Crippen LogP contribution >= 0.6 is 0 Å². The monoisotopic (exact) mass is 251 g/mol. The summed E-state index contributed by atoms with van der Waals surface area (Å²) in [7, 11) is 0. The minimum atomic E-state index is -0.927. The molecule has 1 aromatic rings. The second kappa shape index (κ2) is 5.16. The van der Waals surface area contributed by atoms with Crippen molar-refractivity contribution in [2.24, 2.45) is 11.8 Å². The van der Waals surface area contributed by atoms with Gasteiger partial charge in [0.15, 0.2) is 0 Å². The van der Waals surface area contributed by atoms with Gasteiger partial charge in [-0.25, -0.2) is 4.39 Å². The first-order valence-corrected chi connectivity index (χ1v) is 5.83. The number of rotatable bonds is 5. The summed E-state index contributed by atoms with van der Waals surface area (Å²) in [6.07, 6.45) is 0.809. The van der Waals surface area contributed by atoms with Crippen molar-refractivity contribution >= 4 is 11.9 Å². The SMILES string of the molecule is O=C(O)C1CC1C(=O)NCCc1ccccc1F. The van der Waals surface area contributed by atoms with Gasteiger partial charge >= 0.3 is 5.97 Å². The van der Waals surface area contributed by atoms with Gasteiger partial charge in [0, 0.05) is 6.54 Å². The lowest BCUT2D eigenvalue weighted by Crippen LogP contribution is -2.28. The van der Waals surface area contributed by atoms with Crippen molar-refractivity contribution in [1.82, 2.24) is 5.32 Å². The molecule has 0 aliphatic heterocycles. The Hall–Kier alpha value is -1.91. The topological polar surface area (TPSA) is 66.4 Å². The summed E-state index contributed by atoms with van der Waals surface area (Å²) < 4.78 is 13.3. The van der Waals surface area contributed by atoms with Crippen molar-refractivity contribution in [2.45, 2.75) is 12.8 Å². The second-order valence-corrected chi connectivity index (χ2v) is 4.42. The van der Waals surface area contributed by atoms with Crippen molar-refractivity contribution in [1.29, 1.82) is 0 Å². The van der Waals surface area contributed by atoms with E-state index in [9.17, 15) is 14.0 Å². The fraction of sp³-hybridized carbons (Fsp3) is 0.385. The van der Waals surface area contributed by atoms with Crippen LogP contribution in [0.25, 0.3) is 0 Å². The average molecular weight is 251 g/mol. The highest BCUT2D eigenvalue weighted by Gasteiger charge is 2.48. The number of nitrogens with one attached hydrogen (secondary N) is 1. The van der Waals surface area contributed by atoms with Gasteiger partial charge in [0.2, 0.25) is 5.91 Å². The Morgan fingerprint density at radius 2 is 2.06 bits per heavy atom. The van der Waals surface area contributed by atoms with Crippen LogP contribution in [0.1, 0.15) is 12.0 Å². The van der Waals surface area contributed by atoms with Crippen LogP contribution in [0.3, 0.4) is 0 Å². The number of carboxylic acids is 1. The molecule has 4 nitrogen and oxygen atoms in total. The fourth-order valence-electron chi connectivity index (χ4n) is 1.91. The molecule has 1 aliphatic rings. The number of aliphatic carboxylic acids is 1. The van der Waals surface area contributed by atoms with Crippen LogP contribution in [0.4, 0.5) is 4.39 Å². The van der Waals surface area contributed by atoms with Crippen molar-refractivity contribution < 1.29 is 19.1 Å². The van der Waals surface area contributed by atoms with E-state index in [0.717, 1.165) is 0 Å². The number of carboxylic acid groups (broad SMARTS) is 1. The highest BCUT2D eigenvalue weighted by molar-refractivity contribution is 5.89. The number of hydrogen-bond acceptors (Lipinski definition) is 2. The van der Waals surface area contributed by atoms with Gasteiger partial charge in [0.25, 0.3) is 0 Å². The number of carbonyl (C=O) groups excluding carboxylic acids is 1. The number of amides is 1. The molecule has 1 amide bonds. The third kappa shape index (κ3) is 2.85. The molecule has 1 fully saturated rings. The van der Waals surface area contributed by atoms with E-state index in [1.807, 2.05) is 0 Å². The van der Waals surface area contributed by atoms with Crippen molar-refractivity contribution in [3.05, 3.63) is 35.6 Å². The van der Waals surface area contributed by atoms with Gasteiger partial charge in [-0.2, -0.15) is 0 Å². The van der Waals surface area contributed by atoms with Gasteiger partial charge in [-0.15, -0.1) is 0 Å². The van der Waals surface area contributed by atoms with Crippen LogP contribution in [0.15, 0.2) is 24.3 Å².